The molecule has 1 aromatic heterocycles. The van der Waals surface area contributed by atoms with Gasteiger partial charge in [-0.15, -0.1) is 11.3 Å². The molecule has 0 saturated carbocycles. The highest BCUT2D eigenvalue weighted by Crippen LogP contribution is 2.09. The third-order valence-corrected chi connectivity index (χ3v) is 4.02. The number of carbonyl (C=O) groups excluding carboxylic acids is 3. The monoisotopic (exact) mass is 345 g/mol. The summed E-state index contributed by atoms with van der Waals surface area (Å²) in [6.07, 6.45) is 0.223. The third-order valence-electron chi connectivity index (χ3n) is 3.15. The van der Waals surface area contributed by atoms with E-state index in [1.807, 2.05) is 23.6 Å². The molecule has 2 rings (SSSR count). The van der Waals surface area contributed by atoms with Gasteiger partial charge in [-0.25, -0.2) is 0 Å². The van der Waals surface area contributed by atoms with Gasteiger partial charge in [0.25, 0.3) is 5.91 Å². The standard InChI is InChI=1S/C17H19N3O3S/c1-12(21)20-14-6-4-13(5-7-14)11-19-16(22)8-9-18-17(23)15-3-2-10-24-15/h2-7,10H,8-9,11H2,1H3,(H,18,23)(H,19,22)(H,20,21). The quantitative estimate of drug-likeness (QED) is 0.718. The van der Waals surface area contributed by atoms with Crippen LogP contribution in [0.4, 0.5) is 5.69 Å². The summed E-state index contributed by atoms with van der Waals surface area (Å²) in [4.78, 5) is 35.1. The van der Waals surface area contributed by atoms with Crippen molar-refractivity contribution in [1.82, 2.24) is 10.6 Å². The number of benzene rings is 1. The maximum absolute atomic E-state index is 11.8. The number of hydrogen-bond donors (Lipinski definition) is 3. The molecule has 126 valence electrons. The van der Waals surface area contributed by atoms with Crippen LogP contribution >= 0.6 is 11.3 Å². The van der Waals surface area contributed by atoms with Crippen LogP contribution < -0.4 is 16.0 Å². The van der Waals surface area contributed by atoms with E-state index in [0.29, 0.717) is 23.7 Å². The van der Waals surface area contributed by atoms with Crippen LogP contribution in [0.1, 0.15) is 28.6 Å². The van der Waals surface area contributed by atoms with Gasteiger partial charge in [0.1, 0.15) is 0 Å². The highest BCUT2D eigenvalue weighted by Gasteiger charge is 2.07. The van der Waals surface area contributed by atoms with Gasteiger partial charge in [0.15, 0.2) is 0 Å². The second kappa shape index (κ2) is 8.83. The highest BCUT2D eigenvalue weighted by atomic mass is 32.1. The van der Waals surface area contributed by atoms with E-state index in [9.17, 15) is 14.4 Å². The van der Waals surface area contributed by atoms with Crippen molar-refractivity contribution in [3.05, 3.63) is 52.2 Å². The number of hydrogen-bond acceptors (Lipinski definition) is 4. The molecule has 24 heavy (non-hydrogen) atoms. The maximum atomic E-state index is 11.8. The first-order valence-electron chi connectivity index (χ1n) is 7.49. The molecule has 0 atom stereocenters. The first-order chi connectivity index (χ1) is 11.5. The first kappa shape index (κ1) is 17.7. The normalized spacial score (nSPS) is 10.0. The molecule has 0 aliphatic carbocycles. The minimum Gasteiger partial charge on any atom is -0.352 e. The fraction of sp³-hybridized carbons (Fsp3) is 0.235. The molecule has 2 aromatic rings. The van der Waals surface area contributed by atoms with Crippen LogP contribution in [0.25, 0.3) is 0 Å². The smallest absolute Gasteiger partial charge is 0.261 e. The Morgan fingerprint density at radius 3 is 2.42 bits per heavy atom. The van der Waals surface area contributed by atoms with Gasteiger partial charge in [-0.05, 0) is 29.1 Å². The van der Waals surface area contributed by atoms with Crippen LogP contribution in [0.3, 0.4) is 0 Å². The van der Waals surface area contributed by atoms with E-state index in [2.05, 4.69) is 16.0 Å². The maximum Gasteiger partial charge on any atom is 0.261 e. The summed E-state index contributed by atoms with van der Waals surface area (Å²) < 4.78 is 0. The van der Waals surface area contributed by atoms with Gasteiger partial charge >= 0.3 is 0 Å². The summed E-state index contributed by atoms with van der Waals surface area (Å²) in [7, 11) is 0. The Morgan fingerprint density at radius 2 is 1.79 bits per heavy atom. The summed E-state index contributed by atoms with van der Waals surface area (Å²) in [5.74, 6) is -0.417. The van der Waals surface area contributed by atoms with Crippen molar-refractivity contribution < 1.29 is 14.4 Å². The fourth-order valence-electron chi connectivity index (χ4n) is 1.98. The molecule has 1 aromatic carbocycles. The van der Waals surface area contributed by atoms with Crippen LogP contribution in [0, 0.1) is 0 Å². The molecule has 0 spiro atoms. The molecule has 1 heterocycles. The molecule has 7 heteroatoms. The average molecular weight is 345 g/mol. The summed E-state index contributed by atoms with van der Waals surface area (Å²) in [6.45, 7) is 2.15. The molecule has 0 saturated heterocycles. The lowest BCUT2D eigenvalue weighted by Crippen LogP contribution is -2.30. The van der Waals surface area contributed by atoms with Gasteiger partial charge < -0.3 is 16.0 Å². The van der Waals surface area contributed by atoms with Crippen molar-refractivity contribution in [2.75, 3.05) is 11.9 Å². The Kier molecular flexibility index (Phi) is 6.51. The van der Waals surface area contributed by atoms with Crippen LogP contribution in [0.5, 0.6) is 0 Å². The topological polar surface area (TPSA) is 87.3 Å². The van der Waals surface area contributed by atoms with Crippen LogP contribution in [-0.2, 0) is 16.1 Å². The van der Waals surface area contributed by atoms with Gasteiger partial charge in [-0.1, -0.05) is 18.2 Å². The lowest BCUT2D eigenvalue weighted by molar-refractivity contribution is -0.121. The lowest BCUT2D eigenvalue weighted by Gasteiger charge is -2.07. The number of anilines is 1. The lowest BCUT2D eigenvalue weighted by atomic mass is 10.2. The SMILES string of the molecule is CC(=O)Nc1ccc(CNC(=O)CCNC(=O)c2cccs2)cc1. The summed E-state index contributed by atoms with van der Waals surface area (Å²) in [5, 5.41) is 10.0. The van der Waals surface area contributed by atoms with Crippen molar-refractivity contribution in [1.29, 1.82) is 0 Å². The minimum absolute atomic E-state index is 0.124. The predicted molar refractivity (Wildman–Crippen MR) is 93.9 cm³/mol. The Balaban J connectivity index is 1.67. The molecule has 0 unspecified atom stereocenters. The third kappa shape index (κ3) is 5.85. The van der Waals surface area contributed by atoms with E-state index in [4.69, 9.17) is 0 Å². The van der Waals surface area contributed by atoms with Gasteiger partial charge in [-0.2, -0.15) is 0 Å². The second-order valence-electron chi connectivity index (χ2n) is 5.14. The van der Waals surface area contributed by atoms with E-state index in [1.54, 1.807) is 18.2 Å². The molecule has 0 bridgehead atoms. The average Bonchev–Trinajstić information content (AvgIpc) is 3.08. The zero-order valence-electron chi connectivity index (χ0n) is 13.3. The summed E-state index contributed by atoms with van der Waals surface area (Å²) >= 11 is 1.36. The van der Waals surface area contributed by atoms with E-state index < -0.39 is 0 Å². The molecular formula is C17H19N3O3S. The van der Waals surface area contributed by atoms with Crippen molar-refractivity contribution in [3.8, 4) is 0 Å². The van der Waals surface area contributed by atoms with E-state index >= 15 is 0 Å². The van der Waals surface area contributed by atoms with E-state index in [0.717, 1.165) is 5.56 Å². The molecule has 3 N–H and O–H groups in total. The number of amides is 3. The zero-order chi connectivity index (χ0) is 17.4. The molecule has 0 radical (unpaired) electrons. The Morgan fingerprint density at radius 1 is 1.04 bits per heavy atom. The van der Waals surface area contributed by atoms with Gasteiger partial charge in [0.2, 0.25) is 11.8 Å². The number of nitrogens with one attached hydrogen (secondary N) is 3. The number of rotatable bonds is 7. The van der Waals surface area contributed by atoms with Gasteiger partial charge in [0, 0.05) is 32.1 Å². The highest BCUT2D eigenvalue weighted by molar-refractivity contribution is 7.12. The van der Waals surface area contributed by atoms with Crippen molar-refractivity contribution >= 4 is 34.7 Å². The Labute approximate surface area is 144 Å². The van der Waals surface area contributed by atoms with Crippen molar-refractivity contribution in [2.45, 2.75) is 19.9 Å². The molecular weight excluding hydrogens is 326 g/mol. The largest absolute Gasteiger partial charge is 0.352 e. The molecule has 0 aliphatic rings. The second-order valence-corrected chi connectivity index (χ2v) is 6.09. The Hall–Kier alpha value is -2.67. The van der Waals surface area contributed by atoms with Gasteiger partial charge in [-0.3, -0.25) is 14.4 Å². The Bertz CT molecular complexity index is 696. The molecule has 0 aliphatic heterocycles. The van der Waals surface area contributed by atoms with Crippen molar-refractivity contribution in [3.63, 3.8) is 0 Å². The molecule has 3 amide bonds. The number of thiophene rings is 1. The van der Waals surface area contributed by atoms with Crippen LogP contribution in [0.15, 0.2) is 41.8 Å². The van der Waals surface area contributed by atoms with Crippen LogP contribution in [-0.4, -0.2) is 24.3 Å². The summed E-state index contributed by atoms with van der Waals surface area (Å²) in [5.41, 5.74) is 1.65. The molecule has 6 nitrogen and oxygen atoms in total. The summed E-state index contributed by atoms with van der Waals surface area (Å²) in [6, 6.07) is 10.8. The number of carbonyl (C=O) groups is 3. The van der Waals surface area contributed by atoms with E-state index in [-0.39, 0.29) is 24.1 Å². The zero-order valence-corrected chi connectivity index (χ0v) is 14.1. The minimum atomic E-state index is -0.161. The van der Waals surface area contributed by atoms with E-state index in [1.165, 1.54) is 18.3 Å². The predicted octanol–water partition coefficient (Wildman–Crippen LogP) is 2.14. The fourth-order valence-corrected chi connectivity index (χ4v) is 2.62. The van der Waals surface area contributed by atoms with Crippen molar-refractivity contribution in [2.24, 2.45) is 0 Å². The van der Waals surface area contributed by atoms with Gasteiger partial charge in [0.05, 0.1) is 4.88 Å². The molecule has 0 fully saturated rings. The first-order valence-corrected chi connectivity index (χ1v) is 8.37. The van der Waals surface area contributed by atoms with Crippen LogP contribution in [0.2, 0.25) is 0 Å².